The van der Waals surface area contributed by atoms with Gasteiger partial charge in [-0.15, -0.1) is 0 Å². The van der Waals surface area contributed by atoms with Gasteiger partial charge in [-0.25, -0.2) is 4.79 Å². The molecule has 1 atom stereocenters. The number of methoxy groups -OCH3 is 1. The molecule has 25 heavy (non-hydrogen) atoms. The first kappa shape index (κ1) is 17.5. The van der Waals surface area contributed by atoms with Gasteiger partial charge in [0.1, 0.15) is 6.61 Å². The molecule has 0 aromatic heterocycles. The Morgan fingerprint density at radius 3 is 2.24 bits per heavy atom. The number of nitrogens with zero attached hydrogens (tertiary/aromatic N) is 1. The van der Waals surface area contributed by atoms with Crippen LogP contribution in [-0.2, 0) is 16.1 Å². The number of likely N-dealkylation sites (tertiary alicyclic amines) is 1. The standard InChI is InChI=1S/C21H25NO3/c1-24-20(18-10-6-3-7-11-18)19-12-14-22(15-13-19)21(23)25-16-17-8-4-2-5-9-17/h2-11,19-20H,12-16H2,1H3. The molecule has 0 spiro atoms. The van der Waals surface area contributed by atoms with Gasteiger partial charge >= 0.3 is 6.09 Å². The Labute approximate surface area is 149 Å². The zero-order valence-electron chi connectivity index (χ0n) is 14.6. The quantitative estimate of drug-likeness (QED) is 0.809. The van der Waals surface area contributed by atoms with Crippen LogP contribution in [0, 0.1) is 5.92 Å². The first-order valence-corrected chi connectivity index (χ1v) is 8.81. The highest BCUT2D eigenvalue weighted by atomic mass is 16.6. The Hall–Kier alpha value is -2.33. The fourth-order valence-corrected chi connectivity index (χ4v) is 3.44. The third-order valence-electron chi connectivity index (χ3n) is 4.81. The molecule has 0 radical (unpaired) electrons. The molecule has 1 amide bonds. The summed E-state index contributed by atoms with van der Waals surface area (Å²) in [6.07, 6.45) is 1.71. The minimum absolute atomic E-state index is 0.0867. The third kappa shape index (κ3) is 4.60. The zero-order chi connectivity index (χ0) is 17.5. The third-order valence-corrected chi connectivity index (χ3v) is 4.81. The topological polar surface area (TPSA) is 38.8 Å². The average Bonchev–Trinajstić information content (AvgIpc) is 2.69. The first-order chi connectivity index (χ1) is 12.3. The van der Waals surface area contributed by atoms with E-state index in [4.69, 9.17) is 9.47 Å². The Kier molecular flexibility index (Phi) is 6.07. The van der Waals surface area contributed by atoms with Gasteiger partial charge in [0.25, 0.3) is 0 Å². The van der Waals surface area contributed by atoms with Crippen LogP contribution in [0.1, 0.15) is 30.1 Å². The van der Waals surface area contributed by atoms with Crippen molar-refractivity contribution in [3.63, 3.8) is 0 Å². The molecule has 1 unspecified atom stereocenters. The summed E-state index contributed by atoms with van der Waals surface area (Å²) < 4.78 is 11.2. The highest BCUT2D eigenvalue weighted by Gasteiger charge is 2.30. The van der Waals surface area contributed by atoms with Crippen molar-refractivity contribution in [2.24, 2.45) is 5.92 Å². The van der Waals surface area contributed by atoms with Crippen LogP contribution >= 0.6 is 0 Å². The van der Waals surface area contributed by atoms with Crippen molar-refractivity contribution in [2.75, 3.05) is 20.2 Å². The van der Waals surface area contributed by atoms with Crippen LogP contribution in [0.5, 0.6) is 0 Å². The van der Waals surface area contributed by atoms with Crippen LogP contribution in [0.3, 0.4) is 0 Å². The number of hydrogen-bond donors (Lipinski definition) is 0. The maximum atomic E-state index is 12.3. The molecule has 4 heteroatoms. The monoisotopic (exact) mass is 339 g/mol. The van der Waals surface area contributed by atoms with Gasteiger partial charge in [-0.2, -0.15) is 0 Å². The SMILES string of the molecule is COC(c1ccccc1)C1CCN(C(=O)OCc2ccccc2)CC1. The number of carbonyl (C=O) groups is 1. The van der Waals surface area contributed by atoms with E-state index in [0.29, 0.717) is 25.6 Å². The second kappa shape index (κ2) is 8.67. The fourth-order valence-electron chi connectivity index (χ4n) is 3.44. The molecule has 3 rings (SSSR count). The highest BCUT2D eigenvalue weighted by Crippen LogP contribution is 2.33. The van der Waals surface area contributed by atoms with Gasteiger partial charge in [-0.1, -0.05) is 60.7 Å². The number of amides is 1. The van der Waals surface area contributed by atoms with Gasteiger partial charge in [0.2, 0.25) is 0 Å². The summed E-state index contributed by atoms with van der Waals surface area (Å²) in [6.45, 7) is 1.75. The summed E-state index contributed by atoms with van der Waals surface area (Å²) in [5.74, 6) is 0.422. The fraction of sp³-hybridized carbons (Fsp3) is 0.381. The molecule has 2 aromatic rings. The molecule has 1 heterocycles. The largest absolute Gasteiger partial charge is 0.445 e. The van der Waals surface area contributed by atoms with Crippen LogP contribution < -0.4 is 0 Å². The predicted octanol–water partition coefficient (Wildman–Crippen LogP) is 4.42. The van der Waals surface area contributed by atoms with E-state index in [2.05, 4.69) is 12.1 Å². The van der Waals surface area contributed by atoms with Gasteiger partial charge < -0.3 is 14.4 Å². The highest BCUT2D eigenvalue weighted by molar-refractivity contribution is 5.67. The molecule has 2 aromatic carbocycles. The van der Waals surface area contributed by atoms with E-state index in [9.17, 15) is 4.79 Å². The Bertz CT molecular complexity index is 651. The van der Waals surface area contributed by atoms with Gasteiger partial charge in [0.05, 0.1) is 6.10 Å². The van der Waals surface area contributed by atoms with Gasteiger partial charge in [-0.05, 0) is 29.9 Å². The van der Waals surface area contributed by atoms with Crippen LogP contribution in [0.4, 0.5) is 4.79 Å². The normalized spacial score (nSPS) is 16.4. The molecule has 132 valence electrons. The number of rotatable bonds is 5. The zero-order valence-corrected chi connectivity index (χ0v) is 14.6. The van der Waals surface area contributed by atoms with Crippen molar-refractivity contribution in [1.82, 2.24) is 4.90 Å². The van der Waals surface area contributed by atoms with Crippen molar-refractivity contribution >= 4 is 6.09 Å². The molecule has 0 bridgehead atoms. The van der Waals surface area contributed by atoms with E-state index in [1.807, 2.05) is 48.5 Å². The summed E-state index contributed by atoms with van der Waals surface area (Å²) in [5, 5.41) is 0. The molecule has 4 nitrogen and oxygen atoms in total. The van der Waals surface area contributed by atoms with E-state index >= 15 is 0 Å². The molecule has 0 N–H and O–H groups in total. The Balaban J connectivity index is 1.50. The minimum atomic E-state index is -0.226. The molecule has 1 fully saturated rings. The lowest BCUT2D eigenvalue weighted by atomic mass is 9.87. The van der Waals surface area contributed by atoms with Crippen molar-refractivity contribution in [1.29, 1.82) is 0 Å². The van der Waals surface area contributed by atoms with E-state index in [-0.39, 0.29) is 12.2 Å². The molecule has 0 saturated carbocycles. The molecular weight excluding hydrogens is 314 g/mol. The number of benzene rings is 2. The Morgan fingerprint density at radius 2 is 1.64 bits per heavy atom. The summed E-state index contributed by atoms with van der Waals surface area (Å²) in [4.78, 5) is 14.1. The van der Waals surface area contributed by atoms with Crippen molar-refractivity contribution < 1.29 is 14.3 Å². The molecule has 1 aliphatic rings. The van der Waals surface area contributed by atoms with Crippen molar-refractivity contribution in [3.8, 4) is 0 Å². The second-order valence-corrected chi connectivity index (χ2v) is 6.43. The smallest absolute Gasteiger partial charge is 0.410 e. The van der Waals surface area contributed by atoms with Crippen LogP contribution in [-0.4, -0.2) is 31.2 Å². The van der Waals surface area contributed by atoms with Gasteiger partial charge in [0.15, 0.2) is 0 Å². The van der Waals surface area contributed by atoms with Crippen LogP contribution in [0.15, 0.2) is 60.7 Å². The second-order valence-electron chi connectivity index (χ2n) is 6.43. The number of hydrogen-bond acceptors (Lipinski definition) is 3. The molecule has 1 aliphatic heterocycles. The van der Waals surface area contributed by atoms with Crippen molar-refractivity contribution in [2.45, 2.75) is 25.6 Å². The maximum absolute atomic E-state index is 12.3. The summed E-state index contributed by atoms with van der Waals surface area (Å²) in [6, 6.07) is 20.1. The van der Waals surface area contributed by atoms with Gasteiger partial charge in [0, 0.05) is 20.2 Å². The van der Waals surface area contributed by atoms with E-state index in [1.165, 1.54) is 5.56 Å². The van der Waals surface area contributed by atoms with E-state index in [1.54, 1.807) is 12.0 Å². The molecule has 1 saturated heterocycles. The number of carbonyl (C=O) groups excluding carboxylic acids is 1. The van der Waals surface area contributed by atoms with Crippen LogP contribution in [0.2, 0.25) is 0 Å². The number of ether oxygens (including phenoxy) is 2. The predicted molar refractivity (Wildman–Crippen MR) is 97.1 cm³/mol. The summed E-state index contributed by atoms with van der Waals surface area (Å²) in [5.41, 5.74) is 2.21. The minimum Gasteiger partial charge on any atom is -0.445 e. The molecular formula is C21H25NO3. The number of piperidine rings is 1. The summed E-state index contributed by atoms with van der Waals surface area (Å²) >= 11 is 0. The summed E-state index contributed by atoms with van der Waals surface area (Å²) in [7, 11) is 1.76. The van der Waals surface area contributed by atoms with E-state index < -0.39 is 0 Å². The molecule has 0 aliphatic carbocycles. The van der Waals surface area contributed by atoms with Gasteiger partial charge in [-0.3, -0.25) is 0 Å². The van der Waals surface area contributed by atoms with E-state index in [0.717, 1.165) is 18.4 Å². The first-order valence-electron chi connectivity index (χ1n) is 8.81. The Morgan fingerprint density at radius 1 is 1.04 bits per heavy atom. The van der Waals surface area contributed by atoms with Crippen LogP contribution in [0.25, 0.3) is 0 Å². The maximum Gasteiger partial charge on any atom is 0.410 e. The lowest BCUT2D eigenvalue weighted by Crippen LogP contribution is -2.40. The lowest BCUT2D eigenvalue weighted by Gasteiger charge is -2.35. The van der Waals surface area contributed by atoms with Crippen molar-refractivity contribution in [3.05, 3.63) is 71.8 Å². The lowest BCUT2D eigenvalue weighted by molar-refractivity contribution is 0.0166. The average molecular weight is 339 g/mol.